The largest absolute Gasteiger partial charge is 0.495 e. The van der Waals surface area contributed by atoms with E-state index in [2.05, 4.69) is 26.1 Å². The Kier molecular flexibility index (Phi) is 5.01. The van der Waals surface area contributed by atoms with Gasteiger partial charge in [-0.2, -0.15) is 0 Å². The van der Waals surface area contributed by atoms with Gasteiger partial charge < -0.3 is 15.2 Å². The lowest BCUT2D eigenvalue weighted by Crippen LogP contribution is -2.25. The Labute approximate surface area is 108 Å². The fourth-order valence-corrected chi connectivity index (χ4v) is 1.89. The first-order valence-corrected chi connectivity index (χ1v) is 6.17. The van der Waals surface area contributed by atoms with Crippen molar-refractivity contribution >= 4 is 11.7 Å². The number of ether oxygens (including phenoxy) is 1. The number of carboxylic acids is 1. The SMILES string of the molecule is CCC(Nc1cc(C(=O)O)ccc1OC)C(C)C. The monoisotopic (exact) mass is 251 g/mol. The van der Waals surface area contributed by atoms with Crippen molar-refractivity contribution in [1.82, 2.24) is 0 Å². The number of carbonyl (C=O) groups is 1. The van der Waals surface area contributed by atoms with E-state index in [1.54, 1.807) is 25.3 Å². The predicted molar refractivity (Wildman–Crippen MR) is 72.5 cm³/mol. The van der Waals surface area contributed by atoms with E-state index in [0.717, 1.165) is 12.1 Å². The second-order valence-electron chi connectivity index (χ2n) is 4.62. The summed E-state index contributed by atoms with van der Waals surface area (Å²) in [5.41, 5.74) is 0.995. The van der Waals surface area contributed by atoms with Crippen LogP contribution in [0.25, 0.3) is 0 Å². The molecule has 1 unspecified atom stereocenters. The molecule has 0 saturated carbocycles. The number of hydrogen-bond donors (Lipinski definition) is 2. The van der Waals surface area contributed by atoms with Crippen LogP contribution in [0.2, 0.25) is 0 Å². The van der Waals surface area contributed by atoms with Gasteiger partial charge in [0.15, 0.2) is 0 Å². The number of aromatic carboxylic acids is 1. The van der Waals surface area contributed by atoms with E-state index in [9.17, 15) is 4.79 Å². The van der Waals surface area contributed by atoms with E-state index in [4.69, 9.17) is 9.84 Å². The molecule has 0 aliphatic rings. The third-order valence-corrected chi connectivity index (χ3v) is 3.03. The Bertz CT molecular complexity index is 416. The highest BCUT2D eigenvalue weighted by Gasteiger charge is 2.15. The van der Waals surface area contributed by atoms with Crippen molar-refractivity contribution in [2.75, 3.05) is 12.4 Å². The zero-order chi connectivity index (χ0) is 13.7. The maximum atomic E-state index is 11.0. The Morgan fingerprint density at radius 3 is 2.56 bits per heavy atom. The minimum atomic E-state index is -0.932. The third kappa shape index (κ3) is 3.39. The van der Waals surface area contributed by atoms with Crippen LogP contribution in [0.15, 0.2) is 18.2 Å². The number of nitrogens with one attached hydrogen (secondary N) is 1. The molecule has 0 amide bonds. The quantitative estimate of drug-likeness (QED) is 0.815. The molecule has 0 aliphatic carbocycles. The maximum Gasteiger partial charge on any atom is 0.335 e. The first-order chi connectivity index (χ1) is 8.49. The molecule has 0 aromatic heterocycles. The van der Waals surface area contributed by atoms with E-state index in [1.807, 2.05) is 0 Å². The van der Waals surface area contributed by atoms with Crippen LogP contribution in [-0.4, -0.2) is 24.2 Å². The molecule has 0 radical (unpaired) electrons. The predicted octanol–water partition coefficient (Wildman–Crippen LogP) is 3.24. The summed E-state index contributed by atoms with van der Waals surface area (Å²) in [4.78, 5) is 11.0. The maximum absolute atomic E-state index is 11.0. The highest BCUT2D eigenvalue weighted by atomic mass is 16.5. The molecule has 1 rings (SSSR count). The van der Waals surface area contributed by atoms with Gasteiger partial charge in [0.2, 0.25) is 0 Å². The van der Waals surface area contributed by atoms with Gasteiger partial charge in [-0.05, 0) is 30.5 Å². The van der Waals surface area contributed by atoms with Gasteiger partial charge in [0.1, 0.15) is 5.75 Å². The summed E-state index contributed by atoms with van der Waals surface area (Å²) < 4.78 is 5.25. The summed E-state index contributed by atoms with van der Waals surface area (Å²) in [7, 11) is 1.58. The van der Waals surface area contributed by atoms with Gasteiger partial charge in [0.25, 0.3) is 0 Å². The van der Waals surface area contributed by atoms with Crippen LogP contribution in [0.1, 0.15) is 37.6 Å². The third-order valence-electron chi connectivity index (χ3n) is 3.03. The lowest BCUT2D eigenvalue weighted by atomic mass is 10.0. The Morgan fingerprint density at radius 2 is 2.11 bits per heavy atom. The van der Waals surface area contributed by atoms with Gasteiger partial charge in [0, 0.05) is 6.04 Å². The average Bonchev–Trinajstić information content (AvgIpc) is 2.35. The van der Waals surface area contributed by atoms with Gasteiger partial charge in [0.05, 0.1) is 18.4 Å². The smallest absolute Gasteiger partial charge is 0.335 e. The molecule has 0 bridgehead atoms. The molecular formula is C14H21NO3. The standard InChI is InChI=1S/C14H21NO3/c1-5-11(9(2)3)15-12-8-10(14(16)17)6-7-13(12)18-4/h6-9,11,15H,5H2,1-4H3,(H,16,17). The van der Waals surface area contributed by atoms with Crippen LogP contribution in [0, 0.1) is 5.92 Å². The molecule has 2 N–H and O–H groups in total. The molecule has 18 heavy (non-hydrogen) atoms. The zero-order valence-electron chi connectivity index (χ0n) is 11.4. The summed E-state index contributed by atoms with van der Waals surface area (Å²) in [6.45, 7) is 6.37. The molecule has 0 saturated heterocycles. The topological polar surface area (TPSA) is 58.6 Å². The summed E-state index contributed by atoms with van der Waals surface area (Å²) in [6, 6.07) is 5.14. The molecular weight excluding hydrogens is 230 g/mol. The van der Waals surface area contributed by atoms with Crippen LogP contribution in [0.4, 0.5) is 5.69 Å². The number of carboxylic acid groups (broad SMARTS) is 1. The second-order valence-corrected chi connectivity index (χ2v) is 4.62. The molecule has 0 aliphatic heterocycles. The van der Waals surface area contributed by atoms with Crippen molar-refractivity contribution in [3.05, 3.63) is 23.8 Å². The first kappa shape index (κ1) is 14.4. The highest BCUT2D eigenvalue weighted by Crippen LogP contribution is 2.27. The lowest BCUT2D eigenvalue weighted by molar-refractivity contribution is 0.0697. The summed E-state index contributed by atoms with van der Waals surface area (Å²) >= 11 is 0. The van der Waals surface area contributed by atoms with Crippen LogP contribution in [0.3, 0.4) is 0 Å². The molecule has 4 heteroatoms. The molecule has 1 atom stereocenters. The van der Waals surface area contributed by atoms with Crippen molar-refractivity contribution in [3.63, 3.8) is 0 Å². The molecule has 1 aromatic carbocycles. The number of benzene rings is 1. The second kappa shape index (κ2) is 6.28. The molecule has 1 aromatic rings. The van der Waals surface area contributed by atoms with Crippen LogP contribution < -0.4 is 10.1 Å². The number of methoxy groups -OCH3 is 1. The minimum Gasteiger partial charge on any atom is -0.495 e. The molecule has 100 valence electrons. The van der Waals surface area contributed by atoms with Gasteiger partial charge in [-0.15, -0.1) is 0 Å². The minimum absolute atomic E-state index is 0.261. The summed E-state index contributed by atoms with van der Waals surface area (Å²) in [5, 5.41) is 12.4. The zero-order valence-corrected chi connectivity index (χ0v) is 11.4. The fraction of sp³-hybridized carbons (Fsp3) is 0.500. The highest BCUT2D eigenvalue weighted by molar-refractivity contribution is 5.89. The van der Waals surface area contributed by atoms with Gasteiger partial charge in [-0.25, -0.2) is 4.79 Å². The van der Waals surface area contributed by atoms with Crippen molar-refractivity contribution < 1.29 is 14.6 Å². The van der Waals surface area contributed by atoms with Gasteiger partial charge in [-0.3, -0.25) is 0 Å². The van der Waals surface area contributed by atoms with E-state index < -0.39 is 5.97 Å². The molecule has 0 fully saturated rings. The normalized spacial score (nSPS) is 12.3. The molecule has 4 nitrogen and oxygen atoms in total. The van der Waals surface area contributed by atoms with E-state index in [1.165, 1.54) is 0 Å². The summed E-state index contributed by atoms with van der Waals surface area (Å²) in [6.07, 6.45) is 0.970. The lowest BCUT2D eigenvalue weighted by Gasteiger charge is -2.23. The molecule has 0 heterocycles. The summed E-state index contributed by atoms with van der Waals surface area (Å²) in [5.74, 6) is 0.200. The Morgan fingerprint density at radius 1 is 1.44 bits per heavy atom. The fourth-order valence-electron chi connectivity index (χ4n) is 1.89. The van der Waals surface area contributed by atoms with Crippen LogP contribution in [0.5, 0.6) is 5.75 Å². The Balaban J connectivity index is 3.04. The van der Waals surface area contributed by atoms with Crippen LogP contribution in [-0.2, 0) is 0 Å². The first-order valence-electron chi connectivity index (χ1n) is 6.17. The van der Waals surface area contributed by atoms with E-state index >= 15 is 0 Å². The Hall–Kier alpha value is -1.71. The van der Waals surface area contributed by atoms with E-state index in [-0.39, 0.29) is 5.56 Å². The van der Waals surface area contributed by atoms with Crippen molar-refractivity contribution in [2.24, 2.45) is 5.92 Å². The van der Waals surface area contributed by atoms with Crippen molar-refractivity contribution in [3.8, 4) is 5.75 Å². The van der Waals surface area contributed by atoms with Crippen molar-refractivity contribution in [1.29, 1.82) is 0 Å². The van der Waals surface area contributed by atoms with E-state index in [0.29, 0.717) is 17.7 Å². The van der Waals surface area contributed by atoms with Crippen LogP contribution >= 0.6 is 0 Å². The van der Waals surface area contributed by atoms with Gasteiger partial charge in [-0.1, -0.05) is 20.8 Å². The number of hydrogen-bond acceptors (Lipinski definition) is 3. The number of rotatable bonds is 6. The number of anilines is 1. The van der Waals surface area contributed by atoms with Crippen molar-refractivity contribution in [2.45, 2.75) is 33.2 Å². The average molecular weight is 251 g/mol. The molecule has 0 spiro atoms. The van der Waals surface area contributed by atoms with Gasteiger partial charge >= 0.3 is 5.97 Å².